The van der Waals surface area contributed by atoms with Crippen molar-refractivity contribution in [1.29, 1.82) is 0 Å². The standard InChI is InChI=1S/C13H18Br2N2O2S/c1-7-3-4-12(8(7)2)17-20(18,19)13-10(15)5-9(14)6-11(13)16/h5-8,12,17H,3-4,16H2,1-2H3. The lowest BCUT2D eigenvalue weighted by Gasteiger charge is -2.20. The average Bonchev–Trinajstić information content (AvgIpc) is 2.58. The fraction of sp³-hybridized carbons (Fsp3) is 0.538. The normalized spacial score (nSPS) is 26.9. The number of hydrogen-bond acceptors (Lipinski definition) is 3. The number of nitrogens with one attached hydrogen (secondary N) is 1. The van der Waals surface area contributed by atoms with Crippen LogP contribution in [0.3, 0.4) is 0 Å². The summed E-state index contributed by atoms with van der Waals surface area (Å²) in [6, 6.07) is 3.26. The SMILES string of the molecule is CC1CCC(NS(=O)(=O)c2c(N)cc(Br)cc2Br)C1C. The van der Waals surface area contributed by atoms with Gasteiger partial charge in [-0.3, -0.25) is 0 Å². The van der Waals surface area contributed by atoms with Gasteiger partial charge < -0.3 is 5.73 Å². The summed E-state index contributed by atoms with van der Waals surface area (Å²) >= 11 is 6.58. The molecule has 0 bridgehead atoms. The predicted molar refractivity (Wildman–Crippen MR) is 87.9 cm³/mol. The molecule has 0 spiro atoms. The summed E-state index contributed by atoms with van der Waals surface area (Å²) in [5.74, 6) is 0.869. The molecule has 20 heavy (non-hydrogen) atoms. The Labute approximate surface area is 136 Å². The Morgan fingerprint density at radius 1 is 1.25 bits per heavy atom. The Balaban J connectivity index is 2.32. The molecule has 0 saturated heterocycles. The number of halogens is 2. The topological polar surface area (TPSA) is 72.2 Å². The summed E-state index contributed by atoms with van der Waals surface area (Å²) in [5.41, 5.74) is 6.10. The van der Waals surface area contributed by atoms with Crippen LogP contribution in [-0.2, 0) is 10.0 Å². The molecule has 3 unspecified atom stereocenters. The van der Waals surface area contributed by atoms with Crippen LogP contribution in [0, 0.1) is 11.8 Å². The molecule has 1 aliphatic rings. The van der Waals surface area contributed by atoms with Crippen molar-refractivity contribution in [3.63, 3.8) is 0 Å². The molecule has 1 fully saturated rings. The van der Waals surface area contributed by atoms with Crippen molar-refractivity contribution in [2.75, 3.05) is 5.73 Å². The van der Waals surface area contributed by atoms with Gasteiger partial charge in [0.05, 0.1) is 5.69 Å². The highest BCUT2D eigenvalue weighted by Gasteiger charge is 2.34. The van der Waals surface area contributed by atoms with Crippen molar-refractivity contribution in [2.24, 2.45) is 11.8 Å². The molecule has 112 valence electrons. The molecular formula is C13H18Br2N2O2S. The second kappa shape index (κ2) is 5.94. The van der Waals surface area contributed by atoms with Gasteiger partial charge in [0, 0.05) is 15.0 Å². The van der Waals surface area contributed by atoms with Crippen LogP contribution in [0.25, 0.3) is 0 Å². The minimum absolute atomic E-state index is 0.0232. The van der Waals surface area contributed by atoms with E-state index in [1.165, 1.54) is 0 Å². The van der Waals surface area contributed by atoms with E-state index < -0.39 is 10.0 Å². The van der Waals surface area contributed by atoms with E-state index >= 15 is 0 Å². The first kappa shape index (κ1) is 16.3. The first-order chi connectivity index (χ1) is 9.22. The van der Waals surface area contributed by atoms with E-state index in [4.69, 9.17) is 5.73 Å². The molecular weight excluding hydrogens is 408 g/mol. The maximum Gasteiger partial charge on any atom is 0.244 e. The number of nitrogen functional groups attached to an aromatic ring is 1. The van der Waals surface area contributed by atoms with E-state index in [9.17, 15) is 8.42 Å². The molecule has 0 radical (unpaired) electrons. The van der Waals surface area contributed by atoms with E-state index in [0.717, 1.165) is 17.3 Å². The van der Waals surface area contributed by atoms with Gasteiger partial charge in [0.1, 0.15) is 4.90 Å². The second-order valence-electron chi connectivity index (χ2n) is 5.45. The average molecular weight is 426 g/mol. The van der Waals surface area contributed by atoms with Crippen molar-refractivity contribution in [3.05, 3.63) is 21.1 Å². The third-order valence-corrected chi connectivity index (χ3v) is 7.03. The zero-order valence-electron chi connectivity index (χ0n) is 11.4. The zero-order valence-corrected chi connectivity index (χ0v) is 15.3. The number of hydrogen-bond donors (Lipinski definition) is 2. The quantitative estimate of drug-likeness (QED) is 0.727. The molecule has 0 aromatic heterocycles. The summed E-state index contributed by atoms with van der Waals surface area (Å²) in [6.45, 7) is 4.24. The van der Waals surface area contributed by atoms with E-state index in [1.54, 1.807) is 12.1 Å². The monoisotopic (exact) mass is 424 g/mol. The molecule has 1 aromatic rings. The summed E-state index contributed by atoms with van der Waals surface area (Å²) in [7, 11) is -3.62. The third-order valence-electron chi connectivity index (χ3n) is 4.08. The zero-order chi connectivity index (χ0) is 15.1. The van der Waals surface area contributed by atoms with Crippen molar-refractivity contribution in [2.45, 2.75) is 37.6 Å². The van der Waals surface area contributed by atoms with Gasteiger partial charge in [-0.15, -0.1) is 0 Å². The summed E-state index contributed by atoms with van der Waals surface area (Å²) in [6.07, 6.45) is 1.92. The van der Waals surface area contributed by atoms with Gasteiger partial charge in [0.15, 0.2) is 0 Å². The van der Waals surface area contributed by atoms with Crippen LogP contribution < -0.4 is 10.5 Å². The Morgan fingerprint density at radius 2 is 1.90 bits per heavy atom. The number of sulfonamides is 1. The minimum atomic E-state index is -3.62. The van der Waals surface area contributed by atoms with Crippen LogP contribution in [0.5, 0.6) is 0 Å². The second-order valence-corrected chi connectivity index (χ2v) is 8.87. The number of anilines is 1. The minimum Gasteiger partial charge on any atom is -0.398 e. The molecule has 2 rings (SSSR count). The maximum atomic E-state index is 12.6. The molecule has 1 saturated carbocycles. The molecule has 3 atom stereocenters. The van der Waals surface area contributed by atoms with E-state index in [-0.39, 0.29) is 16.6 Å². The van der Waals surface area contributed by atoms with Gasteiger partial charge in [-0.25, -0.2) is 13.1 Å². The van der Waals surface area contributed by atoms with Crippen molar-refractivity contribution < 1.29 is 8.42 Å². The smallest absolute Gasteiger partial charge is 0.244 e. The Hall–Kier alpha value is -0.110. The van der Waals surface area contributed by atoms with Crippen LogP contribution >= 0.6 is 31.9 Å². The van der Waals surface area contributed by atoms with Crippen molar-refractivity contribution in [1.82, 2.24) is 4.72 Å². The summed E-state index contributed by atoms with van der Waals surface area (Å²) in [5, 5.41) is 0. The van der Waals surface area contributed by atoms with Gasteiger partial charge in [0.25, 0.3) is 0 Å². The molecule has 1 aliphatic carbocycles. The van der Waals surface area contributed by atoms with Gasteiger partial charge in [0.2, 0.25) is 10.0 Å². The third kappa shape index (κ3) is 3.21. The van der Waals surface area contributed by atoms with Gasteiger partial charge in [-0.1, -0.05) is 29.8 Å². The van der Waals surface area contributed by atoms with Gasteiger partial charge in [-0.2, -0.15) is 0 Å². The van der Waals surface area contributed by atoms with Crippen LogP contribution in [-0.4, -0.2) is 14.5 Å². The summed E-state index contributed by atoms with van der Waals surface area (Å²) < 4.78 is 29.1. The molecule has 7 heteroatoms. The van der Waals surface area contributed by atoms with Crippen molar-refractivity contribution in [3.8, 4) is 0 Å². The molecule has 0 heterocycles. The van der Waals surface area contributed by atoms with Crippen LogP contribution in [0.1, 0.15) is 26.7 Å². The fourth-order valence-corrected chi connectivity index (χ4v) is 6.08. The maximum absolute atomic E-state index is 12.6. The highest BCUT2D eigenvalue weighted by atomic mass is 79.9. The highest BCUT2D eigenvalue weighted by molar-refractivity contribution is 9.11. The fourth-order valence-electron chi connectivity index (χ4n) is 2.65. The first-order valence-electron chi connectivity index (χ1n) is 6.49. The lowest BCUT2D eigenvalue weighted by Crippen LogP contribution is -2.37. The number of benzene rings is 1. The van der Waals surface area contributed by atoms with Crippen LogP contribution in [0.4, 0.5) is 5.69 Å². The molecule has 0 amide bonds. The largest absolute Gasteiger partial charge is 0.398 e. The summed E-state index contributed by atoms with van der Waals surface area (Å²) in [4.78, 5) is 0.118. The van der Waals surface area contributed by atoms with Crippen LogP contribution in [0.15, 0.2) is 26.0 Å². The Kier molecular flexibility index (Phi) is 4.83. The molecule has 4 nitrogen and oxygen atoms in total. The molecule has 3 N–H and O–H groups in total. The predicted octanol–water partition coefficient (Wildman–Crippen LogP) is 3.51. The lowest BCUT2D eigenvalue weighted by atomic mass is 9.98. The van der Waals surface area contributed by atoms with Crippen molar-refractivity contribution >= 4 is 47.6 Å². The van der Waals surface area contributed by atoms with E-state index in [0.29, 0.717) is 16.3 Å². The number of nitrogens with two attached hydrogens (primary N) is 1. The van der Waals surface area contributed by atoms with E-state index in [2.05, 4.69) is 50.4 Å². The Morgan fingerprint density at radius 3 is 2.40 bits per heavy atom. The van der Waals surface area contributed by atoms with Gasteiger partial charge in [-0.05, 0) is 52.7 Å². The first-order valence-corrected chi connectivity index (χ1v) is 9.56. The van der Waals surface area contributed by atoms with Gasteiger partial charge >= 0.3 is 0 Å². The molecule has 0 aliphatic heterocycles. The highest BCUT2D eigenvalue weighted by Crippen LogP contribution is 2.35. The van der Waals surface area contributed by atoms with Crippen LogP contribution in [0.2, 0.25) is 0 Å². The van der Waals surface area contributed by atoms with E-state index in [1.807, 2.05) is 0 Å². The Bertz CT molecular complexity index is 596. The lowest BCUT2D eigenvalue weighted by molar-refractivity contribution is 0.402. The number of rotatable bonds is 3. The molecule has 1 aromatic carbocycles.